The normalized spacial score (nSPS) is 24.9. The Morgan fingerprint density at radius 1 is 0.852 bits per heavy atom. The quantitative estimate of drug-likeness (QED) is 0.668. The average molecular weight is 362 g/mol. The number of hydrogen-bond donors (Lipinski definition) is 1. The van der Waals surface area contributed by atoms with Gasteiger partial charge in [0.05, 0.1) is 17.4 Å². The number of fused-ring (bicyclic) bond motifs is 4. The molecule has 3 heteroatoms. The van der Waals surface area contributed by atoms with Crippen LogP contribution in [0, 0.1) is 0 Å². The Labute approximate surface area is 163 Å². The number of hydrogen-bond acceptors (Lipinski definition) is 3. The minimum Gasteiger partial charge on any atom is -0.373 e. The molecule has 1 saturated carbocycles. The number of rotatable bonds is 2. The number of nitrogens with zero attached hydrogens (tertiary/aromatic N) is 2. The van der Waals surface area contributed by atoms with Crippen molar-refractivity contribution in [3.8, 4) is 0 Å². The lowest BCUT2D eigenvalue weighted by atomic mass is 9.97. The van der Waals surface area contributed by atoms with E-state index in [1.165, 1.54) is 61.2 Å². The van der Waals surface area contributed by atoms with Crippen molar-refractivity contribution < 1.29 is 0 Å². The van der Waals surface area contributed by atoms with Crippen molar-refractivity contribution >= 4 is 17.1 Å². The molecule has 2 heterocycles. The Bertz CT molecular complexity index is 807. The third-order valence-corrected chi connectivity index (χ3v) is 6.69. The zero-order valence-electron chi connectivity index (χ0n) is 16.6. The van der Waals surface area contributed by atoms with Crippen molar-refractivity contribution in [3.05, 3.63) is 54.1 Å². The van der Waals surface area contributed by atoms with Crippen molar-refractivity contribution in [1.29, 1.82) is 0 Å². The van der Waals surface area contributed by atoms with E-state index >= 15 is 0 Å². The van der Waals surface area contributed by atoms with Gasteiger partial charge in [0.15, 0.2) is 0 Å². The number of nitrogens with one attached hydrogen (secondary N) is 1. The van der Waals surface area contributed by atoms with Gasteiger partial charge in [0, 0.05) is 23.3 Å². The van der Waals surface area contributed by atoms with Gasteiger partial charge in [-0.25, -0.2) is 0 Å². The van der Waals surface area contributed by atoms with Gasteiger partial charge in [0.2, 0.25) is 0 Å². The van der Waals surface area contributed by atoms with Crippen LogP contribution in [0.15, 0.2) is 48.5 Å². The monoisotopic (exact) mass is 361 g/mol. The molecule has 0 saturated heterocycles. The molecule has 0 spiro atoms. The van der Waals surface area contributed by atoms with E-state index in [-0.39, 0.29) is 0 Å². The van der Waals surface area contributed by atoms with Crippen LogP contribution in [-0.4, -0.2) is 18.2 Å². The largest absolute Gasteiger partial charge is 0.373 e. The first-order chi connectivity index (χ1) is 13.3. The SMILES string of the molecule is CC(C)N1c2ccccc2C2Nc3ccccc3N(C3CCCCCC3)C21. The average Bonchev–Trinajstić information content (AvgIpc) is 2.83. The second-order valence-corrected chi connectivity index (χ2v) is 8.67. The summed E-state index contributed by atoms with van der Waals surface area (Å²) in [7, 11) is 0. The first-order valence-corrected chi connectivity index (χ1v) is 10.8. The van der Waals surface area contributed by atoms with Crippen LogP contribution in [-0.2, 0) is 0 Å². The molecular formula is C24H31N3. The molecule has 0 aromatic heterocycles. The molecule has 2 unspecified atom stereocenters. The number of anilines is 3. The van der Waals surface area contributed by atoms with Gasteiger partial charge in [-0.05, 0) is 44.9 Å². The molecule has 1 fully saturated rings. The highest BCUT2D eigenvalue weighted by Crippen LogP contribution is 2.51. The van der Waals surface area contributed by atoms with Crippen LogP contribution in [0.4, 0.5) is 17.1 Å². The topological polar surface area (TPSA) is 18.5 Å². The van der Waals surface area contributed by atoms with Crippen LogP contribution in [0.25, 0.3) is 0 Å². The van der Waals surface area contributed by atoms with Gasteiger partial charge in [-0.1, -0.05) is 56.0 Å². The lowest BCUT2D eigenvalue weighted by molar-refractivity contribution is 0.411. The summed E-state index contributed by atoms with van der Waals surface area (Å²) in [5.74, 6) is 0. The molecule has 2 aromatic carbocycles. The lowest BCUT2D eigenvalue weighted by Crippen LogP contribution is -2.58. The minimum atomic E-state index is 0.335. The molecule has 3 aliphatic rings. The Morgan fingerprint density at radius 3 is 2.26 bits per heavy atom. The first-order valence-electron chi connectivity index (χ1n) is 10.8. The molecule has 3 nitrogen and oxygen atoms in total. The Morgan fingerprint density at radius 2 is 1.52 bits per heavy atom. The van der Waals surface area contributed by atoms with Gasteiger partial charge >= 0.3 is 0 Å². The maximum atomic E-state index is 3.90. The van der Waals surface area contributed by atoms with E-state index in [4.69, 9.17) is 0 Å². The minimum absolute atomic E-state index is 0.335. The van der Waals surface area contributed by atoms with Crippen molar-refractivity contribution in [2.24, 2.45) is 0 Å². The highest BCUT2D eigenvalue weighted by Gasteiger charge is 2.48. The summed E-state index contributed by atoms with van der Waals surface area (Å²) < 4.78 is 0. The fourth-order valence-electron chi connectivity index (χ4n) is 5.56. The van der Waals surface area contributed by atoms with Gasteiger partial charge in [0.25, 0.3) is 0 Å². The van der Waals surface area contributed by atoms with Crippen molar-refractivity contribution in [2.45, 2.75) is 76.7 Å². The molecule has 1 N–H and O–H groups in total. The van der Waals surface area contributed by atoms with E-state index in [2.05, 4.69) is 77.5 Å². The molecule has 142 valence electrons. The van der Waals surface area contributed by atoms with E-state index in [1.807, 2.05) is 0 Å². The van der Waals surface area contributed by atoms with Crippen LogP contribution in [0.1, 0.15) is 64.0 Å². The standard InChI is InChI=1S/C24H31N3/c1-17(2)26-21-15-9-7-13-19(21)23-24(26)27(18-11-5-3-4-6-12-18)22-16-10-8-14-20(22)25-23/h7-10,13-18,23-25H,3-6,11-12H2,1-2H3. The molecule has 0 radical (unpaired) electrons. The third-order valence-electron chi connectivity index (χ3n) is 6.69. The summed E-state index contributed by atoms with van der Waals surface area (Å²) in [5.41, 5.74) is 5.54. The van der Waals surface area contributed by atoms with Gasteiger partial charge in [-0.3, -0.25) is 0 Å². The van der Waals surface area contributed by atoms with E-state index in [1.54, 1.807) is 0 Å². The second kappa shape index (κ2) is 6.78. The van der Waals surface area contributed by atoms with E-state index in [9.17, 15) is 0 Å². The van der Waals surface area contributed by atoms with Crippen LogP contribution < -0.4 is 15.1 Å². The van der Waals surface area contributed by atoms with Crippen LogP contribution in [0.2, 0.25) is 0 Å². The van der Waals surface area contributed by atoms with Crippen molar-refractivity contribution in [3.63, 3.8) is 0 Å². The van der Waals surface area contributed by atoms with E-state index in [0.717, 1.165) is 0 Å². The fourth-order valence-corrected chi connectivity index (χ4v) is 5.56. The van der Waals surface area contributed by atoms with Crippen molar-refractivity contribution in [2.75, 3.05) is 15.1 Å². The van der Waals surface area contributed by atoms with E-state index in [0.29, 0.717) is 24.3 Å². The summed E-state index contributed by atoms with van der Waals surface area (Å²) >= 11 is 0. The molecule has 5 rings (SSSR count). The van der Waals surface area contributed by atoms with E-state index < -0.39 is 0 Å². The molecule has 2 aliphatic heterocycles. The summed E-state index contributed by atoms with van der Waals surface area (Å²) in [6, 6.07) is 19.4. The van der Waals surface area contributed by atoms with Gasteiger partial charge in [-0.15, -0.1) is 0 Å². The predicted molar refractivity (Wildman–Crippen MR) is 115 cm³/mol. The zero-order valence-corrected chi connectivity index (χ0v) is 16.6. The van der Waals surface area contributed by atoms with Crippen LogP contribution >= 0.6 is 0 Å². The highest BCUT2D eigenvalue weighted by atomic mass is 15.4. The fraction of sp³-hybridized carbons (Fsp3) is 0.500. The smallest absolute Gasteiger partial charge is 0.127 e. The highest BCUT2D eigenvalue weighted by molar-refractivity contribution is 5.79. The Balaban J connectivity index is 1.65. The third kappa shape index (κ3) is 2.70. The molecule has 2 aromatic rings. The molecule has 2 atom stereocenters. The molecule has 0 amide bonds. The van der Waals surface area contributed by atoms with Gasteiger partial charge < -0.3 is 15.1 Å². The van der Waals surface area contributed by atoms with Crippen LogP contribution in [0.3, 0.4) is 0 Å². The molecular weight excluding hydrogens is 330 g/mol. The predicted octanol–water partition coefficient (Wildman–Crippen LogP) is 5.94. The van der Waals surface area contributed by atoms with Crippen molar-refractivity contribution in [1.82, 2.24) is 0 Å². The van der Waals surface area contributed by atoms with Crippen LogP contribution in [0.5, 0.6) is 0 Å². The van der Waals surface area contributed by atoms with Gasteiger partial charge in [0.1, 0.15) is 6.17 Å². The number of benzene rings is 2. The molecule has 0 bridgehead atoms. The second-order valence-electron chi connectivity index (χ2n) is 8.67. The summed E-state index contributed by atoms with van der Waals surface area (Å²) in [5, 5.41) is 3.90. The molecule has 27 heavy (non-hydrogen) atoms. The first kappa shape index (κ1) is 17.0. The number of para-hydroxylation sites is 3. The summed E-state index contributed by atoms with van der Waals surface area (Å²) in [4.78, 5) is 5.45. The summed E-state index contributed by atoms with van der Waals surface area (Å²) in [6.45, 7) is 4.68. The maximum Gasteiger partial charge on any atom is 0.127 e. The zero-order chi connectivity index (χ0) is 18.4. The lowest BCUT2D eigenvalue weighted by Gasteiger charge is -2.50. The Hall–Kier alpha value is -2.16. The van der Waals surface area contributed by atoms with Gasteiger partial charge in [-0.2, -0.15) is 0 Å². The summed E-state index contributed by atoms with van der Waals surface area (Å²) in [6.07, 6.45) is 8.52. The maximum absolute atomic E-state index is 3.90. The Kier molecular flexibility index (Phi) is 4.26. The molecule has 1 aliphatic carbocycles.